The van der Waals surface area contributed by atoms with Crippen LogP contribution >= 0.6 is 11.8 Å². The molecule has 0 amide bonds. The predicted octanol–water partition coefficient (Wildman–Crippen LogP) is 4.75. The van der Waals surface area contributed by atoms with Crippen LogP contribution in [0.25, 0.3) is 0 Å². The van der Waals surface area contributed by atoms with E-state index in [2.05, 4.69) is 58.3 Å². The van der Waals surface area contributed by atoms with Crippen molar-refractivity contribution < 1.29 is 14.6 Å². The average molecular weight is 468 g/mol. The second-order valence-corrected chi connectivity index (χ2v) is 9.64. The van der Waals surface area contributed by atoms with Crippen LogP contribution in [0.4, 0.5) is 5.69 Å². The van der Waals surface area contributed by atoms with Crippen LogP contribution in [0.5, 0.6) is 0 Å². The number of aliphatic imine (C=N–C) groups is 1. The summed E-state index contributed by atoms with van der Waals surface area (Å²) in [5, 5.41) is 9.25. The van der Waals surface area contributed by atoms with Crippen LogP contribution in [0.2, 0.25) is 0 Å². The molecule has 4 rings (SSSR count). The van der Waals surface area contributed by atoms with Crippen molar-refractivity contribution in [2.75, 3.05) is 45.9 Å². The van der Waals surface area contributed by atoms with Gasteiger partial charge in [-0.1, -0.05) is 55.4 Å². The molecule has 1 N–H and O–H groups in total. The lowest BCUT2D eigenvalue weighted by Gasteiger charge is -2.36. The van der Waals surface area contributed by atoms with Crippen LogP contribution in [-0.4, -0.2) is 72.6 Å². The lowest BCUT2D eigenvalue weighted by molar-refractivity contribution is -0.142. The van der Waals surface area contributed by atoms with Gasteiger partial charge in [0.1, 0.15) is 5.84 Å². The topological polar surface area (TPSA) is 65.4 Å². The first-order chi connectivity index (χ1) is 16.2. The van der Waals surface area contributed by atoms with Gasteiger partial charge < -0.3 is 14.7 Å². The minimum atomic E-state index is -0.708. The van der Waals surface area contributed by atoms with E-state index in [-0.39, 0.29) is 5.92 Å². The number of carboxylic acid groups (broad SMARTS) is 1. The Hall–Kier alpha value is -2.35. The molecule has 0 aliphatic carbocycles. The highest BCUT2D eigenvalue weighted by Gasteiger charge is 2.25. The molecule has 0 radical (unpaired) electrons. The first kappa shape index (κ1) is 23.8. The maximum Gasteiger partial charge on any atom is 0.306 e. The van der Waals surface area contributed by atoms with Crippen molar-refractivity contribution >= 4 is 29.3 Å². The molecule has 0 bridgehead atoms. The van der Waals surface area contributed by atoms with Crippen molar-refractivity contribution in [1.82, 2.24) is 9.80 Å². The summed E-state index contributed by atoms with van der Waals surface area (Å²) >= 11 is 1.79. The minimum absolute atomic E-state index is 0.287. The predicted molar refractivity (Wildman–Crippen MR) is 133 cm³/mol. The number of nitrogens with zero attached hydrogens (tertiary/aromatic N) is 3. The highest BCUT2D eigenvalue weighted by molar-refractivity contribution is 7.99. The molecule has 2 aliphatic heterocycles. The van der Waals surface area contributed by atoms with E-state index in [1.54, 1.807) is 11.8 Å². The van der Waals surface area contributed by atoms with Crippen molar-refractivity contribution in [3.63, 3.8) is 0 Å². The van der Waals surface area contributed by atoms with Crippen molar-refractivity contribution in [3.05, 3.63) is 54.1 Å². The number of ether oxygens (including phenoxy) is 1. The van der Waals surface area contributed by atoms with Crippen LogP contribution in [-0.2, 0) is 9.53 Å². The van der Waals surface area contributed by atoms with E-state index < -0.39 is 5.97 Å². The molecule has 2 aromatic rings. The summed E-state index contributed by atoms with van der Waals surface area (Å²) in [5.41, 5.74) is 2.24. The zero-order chi connectivity index (χ0) is 23.0. The van der Waals surface area contributed by atoms with Gasteiger partial charge in [-0.05, 0) is 31.0 Å². The van der Waals surface area contributed by atoms with E-state index in [1.165, 1.54) is 15.4 Å². The first-order valence-corrected chi connectivity index (χ1v) is 12.7. The lowest BCUT2D eigenvalue weighted by Crippen LogP contribution is -2.49. The van der Waals surface area contributed by atoms with E-state index in [0.29, 0.717) is 19.6 Å². The van der Waals surface area contributed by atoms with E-state index >= 15 is 0 Å². The summed E-state index contributed by atoms with van der Waals surface area (Å²) in [5.74, 6) is 0.0697. The van der Waals surface area contributed by atoms with Crippen molar-refractivity contribution in [1.29, 1.82) is 0 Å². The third kappa shape index (κ3) is 6.16. The normalized spacial score (nSPS) is 17.0. The van der Waals surface area contributed by atoms with Gasteiger partial charge in [0.25, 0.3) is 0 Å². The standard InChI is InChI=1S/C26H33N3O3S/c1-2-7-20(26(30)31)12-18-32-19-17-28-13-15-29(16-14-28)25-21-8-3-5-10-23(21)33-24-11-6-4-9-22(24)27-25/h3-6,8-11,20H,2,7,12-19H2,1H3,(H,30,31). The minimum Gasteiger partial charge on any atom is -0.481 e. The Balaban J connectivity index is 1.30. The van der Waals surface area contributed by atoms with Gasteiger partial charge >= 0.3 is 5.97 Å². The summed E-state index contributed by atoms with van der Waals surface area (Å²) in [6.45, 7) is 7.84. The Bertz CT molecular complexity index is 973. The van der Waals surface area contributed by atoms with Gasteiger partial charge in [0.2, 0.25) is 0 Å². The van der Waals surface area contributed by atoms with Crippen LogP contribution in [0.3, 0.4) is 0 Å². The van der Waals surface area contributed by atoms with E-state index in [4.69, 9.17) is 9.73 Å². The monoisotopic (exact) mass is 467 g/mol. The molecule has 2 aliphatic rings. The molecule has 0 aromatic heterocycles. The van der Waals surface area contributed by atoms with Crippen molar-refractivity contribution in [2.24, 2.45) is 10.9 Å². The summed E-state index contributed by atoms with van der Waals surface area (Å²) < 4.78 is 5.76. The highest BCUT2D eigenvalue weighted by atomic mass is 32.2. The zero-order valence-corrected chi connectivity index (χ0v) is 20.1. The second-order valence-electron chi connectivity index (χ2n) is 8.55. The van der Waals surface area contributed by atoms with Crippen molar-refractivity contribution in [3.8, 4) is 0 Å². The molecule has 7 heteroatoms. The number of aliphatic carboxylic acids is 1. The maximum atomic E-state index is 11.2. The number of para-hydroxylation sites is 1. The fourth-order valence-electron chi connectivity index (χ4n) is 4.35. The molecule has 33 heavy (non-hydrogen) atoms. The smallest absolute Gasteiger partial charge is 0.306 e. The summed E-state index contributed by atoms with van der Waals surface area (Å²) in [4.78, 5) is 23.6. The molecule has 0 spiro atoms. The number of amidine groups is 1. The summed E-state index contributed by atoms with van der Waals surface area (Å²) in [6.07, 6.45) is 2.20. The maximum absolute atomic E-state index is 11.2. The lowest BCUT2D eigenvalue weighted by atomic mass is 10.0. The summed E-state index contributed by atoms with van der Waals surface area (Å²) in [6, 6.07) is 16.9. The van der Waals surface area contributed by atoms with Crippen LogP contribution in [0.15, 0.2) is 63.3 Å². The largest absolute Gasteiger partial charge is 0.481 e. The third-order valence-electron chi connectivity index (χ3n) is 6.26. The van der Waals surface area contributed by atoms with Gasteiger partial charge in [0, 0.05) is 54.7 Å². The fraction of sp³-hybridized carbons (Fsp3) is 0.462. The molecule has 176 valence electrons. The average Bonchev–Trinajstić information content (AvgIpc) is 3.00. The number of hydrogen-bond donors (Lipinski definition) is 1. The van der Waals surface area contributed by atoms with E-state index in [0.717, 1.165) is 57.1 Å². The Labute approximate surface area is 200 Å². The van der Waals surface area contributed by atoms with Gasteiger partial charge in [-0.2, -0.15) is 0 Å². The van der Waals surface area contributed by atoms with Gasteiger partial charge in [0.15, 0.2) is 0 Å². The van der Waals surface area contributed by atoms with Gasteiger partial charge in [-0.15, -0.1) is 0 Å². The zero-order valence-electron chi connectivity index (χ0n) is 19.3. The number of hydrogen-bond acceptors (Lipinski definition) is 6. The molecular formula is C26H33N3O3S. The number of carboxylic acids is 1. The molecular weight excluding hydrogens is 434 g/mol. The van der Waals surface area contributed by atoms with Gasteiger partial charge in [-0.3, -0.25) is 9.69 Å². The molecule has 1 atom stereocenters. The number of fused-ring (bicyclic) bond motifs is 2. The second kappa shape index (κ2) is 11.7. The Morgan fingerprint density at radius 3 is 2.52 bits per heavy atom. The summed E-state index contributed by atoms with van der Waals surface area (Å²) in [7, 11) is 0. The number of rotatable bonds is 9. The SMILES string of the molecule is CCCC(CCOCCN1CCN(C2=Nc3ccccc3Sc3ccccc32)CC1)C(=O)O. The molecule has 2 aromatic carbocycles. The molecule has 6 nitrogen and oxygen atoms in total. The fourth-order valence-corrected chi connectivity index (χ4v) is 5.37. The van der Waals surface area contributed by atoms with Crippen LogP contribution in [0, 0.1) is 5.92 Å². The third-order valence-corrected chi connectivity index (χ3v) is 7.40. The van der Waals surface area contributed by atoms with Crippen molar-refractivity contribution in [2.45, 2.75) is 36.0 Å². The molecule has 2 heterocycles. The van der Waals surface area contributed by atoms with Gasteiger partial charge in [-0.25, -0.2) is 4.99 Å². The van der Waals surface area contributed by atoms with Crippen LogP contribution in [0.1, 0.15) is 31.7 Å². The quantitative estimate of drug-likeness (QED) is 0.537. The number of carbonyl (C=O) groups is 1. The van der Waals surface area contributed by atoms with E-state index in [1.807, 2.05) is 6.92 Å². The Morgan fingerprint density at radius 2 is 1.76 bits per heavy atom. The Kier molecular flexibility index (Phi) is 8.42. The van der Waals surface area contributed by atoms with E-state index in [9.17, 15) is 9.90 Å². The molecule has 1 saturated heterocycles. The van der Waals surface area contributed by atoms with Crippen LogP contribution < -0.4 is 0 Å². The highest BCUT2D eigenvalue weighted by Crippen LogP contribution is 2.40. The number of benzene rings is 2. The Morgan fingerprint density at radius 1 is 1.03 bits per heavy atom. The number of piperazine rings is 1. The van der Waals surface area contributed by atoms with Gasteiger partial charge in [0.05, 0.1) is 18.2 Å². The first-order valence-electron chi connectivity index (χ1n) is 11.9. The molecule has 1 fully saturated rings. The molecule has 0 saturated carbocycles. The molecule has 1 unspecified atom stereocenters.